The first-order valence-electron chi connectivity index (χ1n) is 7.22. The Morgan fingerprint density at radius 1 is 1.26 bits per heavy atom. The van der Waals surface area contributed by atoms with Crippen molar-refractivity contribution in [1.29, 1.82) is 0 Å². The molecule has 0 saturated heterocycles. The Morgan fingerprint density at radius 3 is 2.61 bits per heavy atom. The number of hydrogen-bond donors (Lipinski definition) is 0. The Bertz CT molecular complexity index is 814. The quantitative estimate of drug-likeness (QED) is 0.659. The summed E-state index contributed by atoms with van der Waals surface area (Å²) in [6.45, 7) is 5.18. The fraction of sp³-hybridized carbons (Fsp3) is 0.467. The number of fused-ring (bicyclic) bond motifs is 1. The summed E-state index contributed by atoms with van der Waals surface area (Å²) in [6, 6.07) is 1.73. The maximum absolute atomic E-state index is 11.9. The van der Waals surface area contributed by atoms with Crippen molar-refractivity contribution >= 4 is 48.1 Å². The molecule has 0 fully saturated rings. The second-order valence-electron chi connectivity index (χ2n) is 5.39. The molecule has 2 aromatic rings. The molecule has 0 saturated carbocycles. The molecule has 2 heterocycles. The molecule has 0 radical (unpaired) electrons. The lowest BCUT2D eigenvalue weighted by Gasteiger charge is -2.19. The molecule has 0 unspecified atom stereocenters. The van der Waals surface area contributed by atoms with E-state index in [1.54, 1.807) is 32.3 Å². The minimum absolute atomic E-state index is 0.128. The van der Waals surface area contributed by atoms with E-state index in [1.807, 2.05) is 6.92 Å². The first-order valence-corrected chi connectivity index (χ1v) is 10.1. The number of hydrogen-bond acceptors (Lipinski definition) is 5. The first kappa shape index (κ1) is 18.4. The van der Waals surface area contributed by atoms with Gasteiger partial charge in [-0.1, -0.05) is 18.5 Å². The van der Waals surface area contributed by atoms with Crippen molar-refractivity contribution in [2.24, 2.45) is 0 Å². The van der Waals surface area contributed by atoms with Crippen LogP contribution in [0.15, 0.2) is 22.9 Å². The average molecular weight is 422 g/mol. The molecule has 0 aliphatic rings. The summed E-state index contributed by atoms with van der Waals surface area (Å²) in [5.74, 6) is 0.545. The van der Waals surface area contributed by atoms with E-state index >= 15 is 0 Å². The van der Waals surface area contributed by atoms with Gasteiger partial charge in [-0.2, -0.15) is 0 Å². The fourth-order valence-electron chi connectivity index (χ4n) is 2.28. The van der Waals surface area contributed by atoms with Gasteiger partial charge >= 0.3 is 0 Å². The Hall–Kier alpha value is -0.920. The van der Waals surface area contributed by atoms with Crippen LogP contribution in [0.4, 0.5) is 0 Å². The van der Waals surface area contributed by atoms with Gasteiger partial charge < -0.3 is 4.74 Å². The molecule has 0 amide bonds. The van der Waals surface area contributed by atoms with Crippen molar-refractivity contribution in [2.45, 2.75) is 38.5 Å². The lowest BCUT2D eigenvalue weighted by atomic mass is 10.2. The Morgan fingerprint density at radius 2 is 1.96 bits per heavy atom. The predicted molar refractivity (Wildman–Crippen MR) is 95.9 cm³/mol. The average Bonchev–Trinajstić information content (AvgIpc) is 2.50. The molecule has 0 aliphatic carbocycles. The molecule has 126 valence electrons. The summed E-state index contributed by atoms with van der Waals surface area (Å²) < 4.78 is 30.4. The Labute approximate surface area is 149 Å². The maximum Gasteiger partial charge on any atom is 0.223 e. The van der Waals surface area contributed by atoms with E-state index in [0.29, 0.717) is 17.5 Å². The van der Waals surface area contributed by atoms with Gasteiger partial charge in [-0.15, -0.1) is 0 Å². The number of nitrogens with zero attached hydrogens (tertiary/aromatic N) is 2. The SMILES string of the molecule is CCS(=O)(=O)[C@H](C)C[C@@H](C)Oc1ncc(Br)c2cc(Cl)ncc12. The molecule has 0 spiro atoms. The van der Waals surface area contributed by atoms with Crippen LogP contribution >= 0.6 is 27.5 Å². The van der Waals surface area contributed by atoms with Crippen LogP contribution in [-0.4, -0.2) is 35.5 Å². The van der Waals surface area contributed by atoms with Gasteiger partial charge in [0.1, 0.15) is 5.15 Å². The largest absolute Gasteiger partial charge is 0.474 e. The molecule has 2 rings (SSSR count). The molecule has 2 atom stereocenters. The van der Waals surface area contributed by atoms with Gasteiger partial charge in [0.2, 0.25) is 5.88 Å². The third-order valence-electron chi connectivity index (χ3n) is 3.65. The van der Waals surface area contributed by atoms with E-state index < -0.39 is 15.1 Å². The zero-order valence-electron chi connectivity index (χ0n) is 13.1. The van der Waals surface area contributed by atoms with E-state index in [4.69, 9.17) is 16.3 Å². The van der Waals surface area contributed by atoms with Crippen molar-refractivity contribution in [3.8, 4) is 5.88 Å². The monoisotopic (exact) mass is 420 g/mol. The molecular formula is C15H18BrClN2O3S. The zero-order chi connectivity index (χ0) is 17.2. The summed E-state index contributed by atoms with van der Waals surface area (Å²) in [4.78, 5) is 8.32. The van der Waals surface area contributed by atoms with Crippen LogP contribution in [0.2, 0.25) is 5.15 Å². The molecular weight excluding hydrogens is 404 g/mol. The van der Waals surface area contributed by atoms with Crippen molar-refractivity contribution < 1.29 is 13.2 Å². The number of ether oxygens (including phenoxy) is 1. The third kappa shape index (κ3) is 4.33. The van der Waals surface area contributed by atoms with E-state index in [1.165, 1.54) is 0 Å². The highest BCUT2D eigenvalue weighted by Gasteiger charge is 2.22. The molecule has 0 aliphatic heterocycles. The molecule has 0 bridgehead atoms. The minimum Gasteiger partial charge on any atom is -0.474 e. The van der Waals surface area contributed by atoms with E-state index in [-0.39, 0.29) is 11.9 Å². The molecule has 0 N–H and O–H groups in total. The highest BCUT2D eigenvalue weighted by Crippen LogP contribution is 2.31. The van der Waals surface area contributed by atoms with Crippen molar-refractivity contribution in [3.05, 3.63) is 28.1 Å². The van der Waals surface area contributed by atoms with Gasteiger partial charge in [-0.25, -0.2) is 18.4 Å². The van der Waals surface area contributed by atoms with Gasteiger partial charge in [-0.3, -0.25) is 0 Å². The predicted octanol–water partition coefficient (Wildman–Crippen LogP) is 4.03. The van der Waals surface area contributed by atoms with Crippen LogP contribution in [0.5, 0.6) is 5.88 Å². The molecule has 2 aromatic heterocycles. The minimum atomic E-state index is -3.08. The van der Waals surface area contributed by atoms with Gasteiger partial charge in [0.25, 0.3) is 0 Å². The maximum atomic E-state index is 11.9. The highest BCUT2D eigenvalue weighted by atomic mass is 79.9. The van der Waals surface area contributed by atoms with E-state index in [2.05, 4.69) is 25.9 Å². The van der Waals surface area contributed by atoms with Gasteiger partial charge in [0.05, 0.1) is 16.7 Å². The topological polar surface area (TPSA) is 69.2 Å². The van der Waals surface area contributed by atoms with Crippen molar-refractivity contribution in [3.63, 3.8) is 0 Å². The summed E-state index contributed by atoms with van der Waals surface area (Å²) >= 11 is 9.35. The van der Waals surface area contributed by atoms with Crippen LogP contribution in [0.3, 0.4) is 0 Å². The van der Waals surface area contributed by atoms with Crippen LogP contribution in [0, 0.1) is 0 Å². The summed E-state index contributed by atoms with van der Waals surface area (Å²) in [5, 5.41) is 1.49. The van der Waals surface area contributed by atoms with Gasteiger partial charge in [0.15, 0.2) is 9.84 Å². The highest BCUT2D eigenvalue weighted by molar-refractivity contribution is 9.10. The molecule has 5 nitrogen and oxygen atoms in total. The Balaban J connectivity index is 2.24. The number of pyridine rings is 2. The number of aromatic nitrogens is 2. The summed E-state index contributed by atoms with van der Waals surface area (Å²) in [5.41, 5.74) is 0. The van der Waals surface area contributed by atoms with Crippen molar-refractivity contribution in [2.75, 3.05) is 5.75 Å². The first-order chi connectivity index (χ1) is 10.7. The second-order valence-corrected chi connectivity index (χ2v) is 9.34. The summed E-state index contributed by atoms with van der Waals surface area (Å²) in [6.07, 6.45) is 3.34. The van der Waals surface area contributed by atoms with Crippen LogP contribution in [0.25, 0.3) is 10.8 Å². The molecule has 8 heteroatoms. The number of sulfone groups is 1. The van der Waals surface area contributed by atoms with Crippen LogP contribution in [-0.2, 0) is 9.84 Å². The standard InChI is InChI=1S/C15H18BrClN2O3S/c1-4-23(20,21)10(3)5-9(2)22-15-12-7-18-14(17)6-11(12)13(16)8-19-15/h6-10H,4-5H2,1-3H3/t9-,10-/m1/s1. The van der Waals surface area contributed by atoms with E-state index in [0.717, 1.165) is 15.2 Å². The normalized spacial score (nSPS) is 14.7. The van der Waals surface area contributed by atoms with Crippen LogP contribution in [0.1, 0.15) is 27.2 Å². The molecule has 23 heavy (non-hydrogen) atoms. The fourth-order valence-corrected chi connectivity index (χ4v) is 4.01. The smallest absolute Gasteiger partial charge is 0.223 e. The second kappa shape index (κ2) is 7.32. The van der Waals surface area contributed by atoms with Gasteiger partial charge in [0, 0.05) is 34.4 Å². The van der Waals surface area contributed by atoms with Crippen LogP contribution < -0.4 is 4.74 Å². The Kier molecular flexibility index (Phi) is 5.86. The zero-order valence-corrected chi connectivity index (χ0v) is 16.2. The lowest BCUT2D eigenvalue weighted by Crippen LogP contribution is -2.26. The number of rotatable bonds is 6. The lowest BCUT2D eigenvalue weighted by molar-refractivity contribution is 0.205. The molecule has 0 aromatic carbocycles. The summed E-state index contributed by atoms with van der Waals surface area (Å²) in [7, 11) is -3.08. The third-order valence-corrected chi connectivity index (χ3v) is 6.71. The van der Waals surface area contributed by atoms with E-state index in [9.17, 15) is 8.42 Å². The number of halogens is 2. The van der Waals surface area contributed by atoms with Gasteiger partial charge in [-0.05, 0) is 35.8 Å². The van der Waals surface area contributed by atoms with Crippen molar-refractivity contribution in [1.82, 2.24) is 9.97 Å².